The number of amides is 1. The molecule has 0 bridgehead atoms. The van der Waals surface area contributed by atoms with Gasteiger partial charge in [-0.15, -0.1) is 0 Å². The Morgan fingerprint density at radius 2 is 1.81 bits per heavy atom. The minimum Gasteiger partial charge on any atom is -0.497 e. The number of nitrogens with zero attached hydrogens (tertiary/aromatic N) is 1. The van der Waals surface area contributed by atoms with E-state index in [0.717, 1.165) is 16.9 Å². The Morgan fingerprint density at radius 3 is 2.56 bits per heavy atom. The molecule has 0 aliphatic carbocycles. The fraction of sp³-hybridized carbons (Fsp3) is 0.0909. The molecule has 0 atom stereocenters. The number of methoxy groups -OCH3 is 1. The molecule has 4 aromatic rings. The van der Waals surface area contributed by atoms with Gasteiger partial charge in [0.2, 0.25) is 11.8 Å². The molecule has 3 aromatic carbocycles. The van der Waals surface area contributed by atoms with E-state index in [2.05, 4.69) is 10.3 Å². The molecular weight excluding hydrogens is 340 g/mol. The van der Waals surface area contributed by atoms with Crippen molar-refractivity contribution < 1.29 is 13.9 Å². The number of ether oxygens (including phenoxy) is 1. The smallest absolute Gasteiger partial charge is 0.228 e. The lowest BCUT2D eigenvalue weighted by Crippen LogP contribution is -2.14. The predicted molar refractivity (Wildman–Crippen MR) is 105 cm³/mol. The van der Waals surface area contributed by atoms with Gasteiger partial charge in [-0.1, -0.05) is 30.3 Å². The molecule has 0 aliphatic heterocycles. The molecule has 0 fully saturated rings. The van der Waals surface area contributed by atoms with Crippen molar-refractivity contribution in [3.8, 4) is 17.2 Å². The van der Waals surface area contributed by atoms with Gasteiger partial charge < -0.3 is 14.5 Å². The number of aromatic nitrogens is 1. The van der Waals surface area contributed by atoms with E-state index in [1.165, 1.54) is 0 Å². The Balaban J connectivity index is 1.49. The van der Waals surface area contributed by atoms with E-state index in [9.17, 15) is 4.79 Å². The number of rotatable bonds is 5. The topological polar surface area (TPSA) is 64.4 Å². The number of hydrogen-bond donors (Lipinski definition) is 1. The average molecular weight is 358 g/mol. The Bertz CT molecular complexity index is 1070. The maximum absolute atomic E-state index is 12.3. The van der Waals surface area contributed by atoms with E-state index in [4.69, 9.17) is 9.15 Å². The lowest BCUT2D eigenvalue weighted by atomic mass is 10.1. The SMILES string of the molecule is COc1ccc(CC(=O)Nc2ccc3oc(-c4ccccc4)nc3c2)cc1. The average Bonchev–Trinajstić information content (AvgIpc) is 3.12. The van der Waals surface area contributed by atoms with Crippen LogP contribution in [0.1, 0.15) is 5.56 Å². The van der Waals surface area contributed by atoms with Gasteiger partial charge in [-0.3, -0.25) is 4.79 Å². The third-order valence-electron chi connectivity index (χ3n) is 4.22. The number of hydrogen-bond acceptors (Lipinski definition) is 4. The number of carbonyl (C=O) groups is 1. The molecule has 1 aromatic heterocycles. The lowest BCUT2D eigenvalue weighted by molar-refractivity contribution is -0.115. The third kappa shape index (κ3) is 3.82. The Hall–Kier alpha value is -3.60. The van der Waals surface area contributed by atoms with Gasteiger partial charge in [0.15, 0.2) is 5.58 Å². The van der Waals surface area contributed by atoms with Crippen LogP contribution in [0.3, 0.4) is 0 Å². The molecule has 0 radical (unpaired) electrons. The fourth-order valence-corrected chi connectivity index (χ4v) is 2.84. The minimum absolute atomic E-state index is 0.0914. The largest absolute Gasteiger partial charge is 0.497 e. The Labute approximate surface area is 156 Å². The zero-order valence-corrected chi connectivity index (χ0v) is 14.8. The number of fused-ring (bicyclic) bond motifs is 1. The number of carbonyl (C=O) groups excluding carboxylic acids is 1. The second-order valence-electron chi connectivity index (χ2n) is 6.14. The normalized spacial score (nSPS) is 10.7. The standard InChI is InChI=1S/C22H18N2O3/c1-26-18-10-7-15(8-11-18)13-21(25)23-17-9-12-20-19(14-17)24-22(27-20)16-5-3-2-4-6-16/h2-12,14H,13H2,1H3,(H,23,25). The summed E-state index contributed by atoms with van der Waals surface area (Å²) in [5.41, 5.74) is 3.91. The van der Waals surface area contributed by atoms with E-state index in [-0.39, 0.29) is 12.3 Å². The fourth-order valence-electron chi connectivity index (χ4n) is 2.84. The third-order valence-corrected chi connectivity index (χ3v) is 4.22. The van der Waals surface area contributed by atoms with Crippen molar-refractivity contribution >= 4 is 22.7 Å². The van der Waals surface area contributed by atoms with Crippen LogP contribution in [0.25, 0.3) is 22.6 Å². The summed E-state index contributed by atoms with van der Waals surface area (Å²) in [6, 6.07) is 22.6. The molecule has 4 rings (SSSR count). The number of nitrogens with one attached hydrogen (secondary N) is 1. The highest BCUT2D eigenvalue weighted by Gasteiger charge is 2.10. The first-order valence-corrected chi connectivity index (χ1v) is 8.60. The van der Waals surface area contributed by atoms with E-state index < -0.39 is 0 Å². The van der Waals surface area contributed by atoms with E-state index in [1.807, 2.05) is 72.8 Å². The van der Waals surface area contributed by atoms with Crippen molar-refractivity contribution in [2.75, 3.05) is 12.4 Å². The van der Waals surface area contributed by atoms with Crippen molar-refractivity contribution in [1.29, 1.82) is 0 Å². The second-order valence-corrected chi connectivity index (χ2v) is 6.14. The van der Waals surface area contributed by atoms with Gasteiger partial charge in [0, 0.05) is 11.3 Å². The highest BCUT2D eigenvalue weighted by molar-refractivity contribution is 5.94. The molecular formula is C22H18N2O3. The van der Waals surface area contributed by atoms with Gasteiger partial charge in [-0.05, 0) is 48.0 Å². The Kier molecular flexibility index (Phi) is 4.58. The van der Waals surface area contributed by atoms with Crippen LogP contribution in [0.5, 0.6) is 5.75 Å². The summed E-state index contributed by atoms with van der Waals surface area (Å²) in [7, 11) is 1.62. The summed E-state index contributed by atoms with van der Waals surface area (Å²) in [4.78, 5) is 16.8. The molecule has 0 unspecified atom stereocenters. The van der Waals surface area contributed by atoms with Crippen LogP contribution in [-0.2, 0) is 11.2 Å². The maximum Gasteiger partial charge on any atom is 0.228 e. The van der Waals surface area contributed by atoms with Gasteiger partial charge in [0.25, 0.3) is 0 Å². The summed E-state index contributed by atoms with van der Waals surface area (Å²) >= 11 is 0. The molecule has 0 spiro atoms. The van der Waals surface area contributed by atoms with Crippen molar-refractivity contribution in [2.24, 2.45) is 0 Å². The molecule has 27 heavy (non-hydrogen) atoms. The van der Waals surface area contributed by atoms with Gasteiger partial charge in [0.05, 0.1) is 13.5 Å². The van der Waals surface area contributed by atoms with Crippen molar-refractivity contribution in [1.82, 2.24) is 4.98 Å². The summed E-state index contributed by atoms with van der Waals surface area (Å²) in [6.07, 6.45) is 0.288. The number of oxazole rings is 1. The maximum atomic E-state index is 12.3. The van der Waals surface area contributed by atoms with Crippen LogP contribution >= 0.6 is 0 Å². The van der Waals surface area contributed by atoms with Crippen molar-refractivity contribution in [2.45, 2.75) is 6.42 Å². The zero-order valence-electron chi connectivity index (χ0n) is 14.8. The summed E-state index contributed by atoms with van der Waals surface area (Å²) in [5, 5.41) is 2.91. The monoisotopic (exact) mass is 358 g/mol. The van der Waals surface area contributed by atoms with Crippen LogP contribution < -0.4 is 10.1 Å². The van der Waals surface area contributed by atoms with Crippen molar-refractivity contribution in [3.63, 3.8) is 0 Å². The molecule has 1 N–H and O–H groups in total. The van der Waals surface area contributed by atoms with Crippen LogP contribution in [0.4, 0.5) is 5.69 Å². The minimum atomic E-state index is -0.0914. The number of benzene rings is 3. The van der Waals surface area contributed by atoms with Crippen LogP contribution in [0.2, 0.25) is 0 Å². The summed E-state index contributed by atoms with van der Waals surface area (Å²) in [5.74, 6) is 1.24. The highest BCUT2D eigenvalue weighted by Crippen LogP contribution is 2.26. The lowest BCUT2D eigenvalue weighted by Gasteiger charge is -2.06. The highest BCUT2D eigenvalue weighted by atomic mass is 16.5. The van der Waals surface area contributed by atoms with E-state index in [1.54, 1.807) is 7.11 Å². The van der Waals surface area contributed by atoms with E-state index >= 15 is 0 Å². The second kappa shape index (κ2) is 7.33. The van der Waals surface area contributed by atoms with Gasteiger partial charge in [-0.2, -0.15) is 0 Å². The summed E-state index contributed by atoms with van der Waals surface area (Å²) < 4.78 is 10.9. The van der Waals surface area contributed by atoms with Gasteiger partial charge >= 0.3 is 0 Å². The first-order valence-electron chi connectivity index (χ1n) is 8.60. The Morgan fingerprint density at radius 1 is 1.04 bits per heavy atom. The van der Waals surface area contributed by atoms with E-state index in [0.29, 0.717) is 22.7 Å². The predicted octanol–water partition coefficient (Wildman–Crippen LogP) is 4.68. The molecule has 1 heterocycles. The van der Waals surface area contributed by atoms with Crippen LogP contribution in [-0.4, -0.2) is 18.0 Å². The molecule has 0 saturated carbocycles. The molecule has 0 saturated heterocycles. The molecule has 5 nitrogen and oxygen atoms in total. The van der Waals surface area contributed by atoms with Crippen LogP contribution in [0, 0.1) is 0 Å². The zero-order chi connectivity index (χ0) is 18.6. The van der Waals surface area contributed by atoms with Gasteiger partial charge in [0.1, 0.15) is 11.3 Å². The van der Waals surface area contributed by atoms with Crippen LogP contribution in [0.15, 0.2) is 77.2 Å². The quantitative estimate of drug-likeness (QED) is 0.562. The van der Waals surface area contributed by atoms with Crippen molar-refractivity contribution in [3.05, 3.63) is 78.4 Å². The first kappa shape index (κ1) is 16.8. The molecule has 5 heteroatoms. The number of anilines is 1. The summed E-state index contributed by atoms with van der Waals surface area (Å²) in [6.45, 7) is 0. The molecule has 1 amide bonds. The first-order chi connectivity index (χ1) is 13.2. The molecule has 0 aliphatic rings. The molecule has 134 valence electrons. The van der Waals surface area contributed by atoms with Gasteiger partial charge in [-0.25, -0.2) is 4.98 Å².